The van der Waals surface area contributed by atoms with Crippen molar-refractivity contribution in [2.45, 2.75) is 32.4 Å². The van der Waals surface area contributed by atoms with Gasteiger partial charge in [0.25, 0.3) is 0 Å². The Morgan fingerprint density at radius 1 is 1.48 bits per heavy atom. The fourth-order valence-electron chi connectivity index (χ4n) is 2.77. The molecule has 1 aromatic heterocycles. The number of anilines is 2. The molecule has 110 valence electrons. The fraction of sp³-hybridized carbons (Fsp3) is 0.333. The summed E-state index contributed by atoms with van der Waals surface area (Å²) in [5, 5.41) is 21.7. The van der Waals surface area contributed by atoms with Gasteiger partial charge < -0.3 is 10.0 Å². The van der Waals surface area contributed by atoms with Crippen LogP contribution in [0.1, 0.15) is 30.4 Å². The Morgan fingerprint density at radius 3 is 2.86 bits per heavy atom. The minimum Gasteiger partial charge on any atom is -0.388 e. The lowest BCUT2D eigenvalue weighted by molar-refractivity contribution is -0.383. The molecule has 2 heterocycles. The number of aliphatic hydroxyl groups excluding tert-OH is 1. The van der Waals surface area contributed by atoms with E-state index in [1.807, 2.05) is 23.1 Å². The van der Waals surface area contributed by atoms with Crippen LogP contribution in [0.2, 0.25) is 0 Å². The molecule has 0 spiro atoms. The molecule has 0 saturated carbocycles. The Labute approximate surface area is 126 Å². The van der Waals surface area contributed by atoms with Crippen molar-refractivity contribution in [2.24, 2.45) is 0 Å². The van der Waals surface area contributed by atoms with Crippen LogP contribution in [0, 0.1) is 10.1 Å². The lowest BCUT2D eigenvalue weighted by atomic mass is 10.1. The van der Waals surface area contributed by atoms with Gasteiger partial charge in [-0.2, -0.15) is 0 Å². The van der Waals surface area contributed by atoms with Gasteiger partial charge in [-0.15, -0.1) is 11.3 Å². The van der Waals surface area contributed by atoms with Gasteiger partial charge in [0.1, 0.15) is 0 Å². The molecule has 0 amide bonds. The maximum Gasteiger partial charge on any atom is 0.304 e. The highest BCUT2D eigenvalue weighted by molar-refractivity contribution is 7.16. The number of rotatable bonds is 3. The summed E-state index contributed by atoms with van der Waals surface area (Å²) < 4.78 is 0. The number of fused-ring (bicyclic) bond motifs is 1. The maximum atomic E-state index is 11.3. The molecule has 1 aliphatic rings. The molecule has 1 unspecified atom stereocenters. The zero-order valence-electron chi connectivity index (χ0n) is 11.8. The minimum absolute atomic E-state index is 0.0689. The van der Waals surface area contributed by atoms with E-state index in [1.54, 1.807) is 6.92 Å². The number of para-hydroxylation sites is 1. The average molecular weight is 304 g/mol. The molecule has 6 heteroatoms. The second kappa shape index (κ2) is 5.13. The van der Waals surface area contributed by atoms with Gasteiger partial charge in [0, 0.05) is 22.7 Å². The summed E-state index contributed by atoms with van der Waals surface area (Å²) >= 11 is 1.29. The molecular formula is C15H16N2O3S. The van der Waals surface area contributed by atoms with Gasteiger partial charge in [-0.05, 0) is 31.9 Å². The Bertz CT molecular complexity index is 696. The fourth-order valence-corrected chi connectivity index (χ4v) is 3.95. The standard InChI is InChI=1S/C15H16N2O3S/c1-9-7-11-5-3-4-6-12(11)16(9)15-13(17(19)20)8-14(21-15)10(2)18/h3-6,8-10,18H,7H2,1-2H3/t9?,10-/m1/s1. The van der Waals surface area contributed by atoms with Crippen molar-refractivity contribution in [3.63, 3.8) is 0 Å². The van der Waals surface area contributed by atoms with Crippen LogP contribution < -0.4 is 4.90 Å². The summed E-state index contributed by atoms with van der Waals surface area (Å²) in [5.41, 5.74) is 2.29. The molecule has 0 aliphatic carbocycles. The first-order valence-corrected chi connectivity index (χ1v) is 7.64. The summed E-state index contributed by atoms with van der Waals surface area (Å²) in [5.74, 6) is 0. The van der Waals surface area contributed by atoms with Gasteiger partial charge in [-0.25, -0.2) is 0 Å². The summed E-state index contributed by atoms with van der Waals surface area (Å²) in [4.78, 5) is 13.6. The van der Waals surface area contributed by atoms with Gasteiger partial charge in [-0.1, -0.05) is 18.2 Å². The number of thiophene rings is 1. The topological polar surface area (TPSA) is 66.6 Å². The maximum absolute atomic E-state index is 11.3. The predicted molar refractivity (Wildman–Crippen MR) is 83.4 cm³/mol. The highest BCUT2D eigenvalue weighted by atomic mass is 32.1. The van der Waals surface area contributed by atoms with Crippen LogP contribution in [-0.2, 0) is 6.42 Å². The molecule has 1 aromatic carbocycles. The van der Waals surface area contributed by atoms with E-state index in [1.165, 1.54) is 23.0 Å². The van der Waals surface area contributed by atoms with E-state index < -0.39 is 6.10 Å². The van der Waals surface area contributed by atoms with Gasteiger partial charge in [-0.3, -0.25) is 10.1 Å². The van der Waals surface area contributed by atoms with Crippen LogP contribution in [0.25, 0.3) is 0 Å². The van der Waals surface area contributed by atoms with Gasteiger partial charge in [0.15, 0.2) is 5.00 Å². The molecule has 0 fully saturated rings. The van der Waals surface area contributed by atoms with Crippen molar-refractivity contribution in [3.8, 4) is 0 Å². The average Bonchev–Trinajstić information content (AvgIpc) is 2.98. The Hall–Kier alpha value is -1.92. The molecule has 0 bridgehead atoms. The summed E-state index contributed by atoms with van der Waals surface area (Å²) in [7, 11) is 0. The molecule has 2 atom stereocenters. The van der Waals surface area contributed by atoms with E-state index in [9.17, 15) is 15.2 Å². The highest BCUT2D eigenvalue weighted by Gasteiger charge is 2.34. The van der Waals surface area contributed by atoms with Gasteiger partial charge in [0.2, 0.25) is 0 Å². The molecular weight excluding hydrogens is 288 g/mol. The SMILES string of the molecule is CC1Cc2ccccc2N1c1sc([C@@H](C)O)cc1[N+](=O)[O-]. The molecule has 1 aliphatic heterocycles. The molecule has 1 N–H and O–H groups in total. The quantitative estimate of drug-likeness (QED) is 0.692. The van der Waals surface area contributed by atoms with Crippen molar-refractivity contribution in [1.82, 2.24) is 0 Å². The van der Waals surface area contributed by atoms with Crippen LogP contribution in [-0.4, -0.2) is 16.1 Å². The Morgan fingerprint density at radius 2 is 2.19 bits per heavy atom. The van der Waals surface area contributed by atoms with Crippen LogP contribution >= 0.6 is 11.3 Å². The minimum atomic E-state index is -0.699. The number of hydrogen-bond donors (Lipinski definition) is 1. The largest absolute Gasteiger partial charge is 0.388 e. The third-order valence-electron chi connectivity index (χ3n) is 3.75. The van der Waals surface area contributed by atoms with Gasteiger partial charge in [0.05, 0.1) is 11.0 Å². The Balaban J connectivity index is 2.14. The predicted octanol–water partition coefficient (Wildman–Crippen LogP) is 3.79. The molecule has 2 aromatic rings. The Kier molecular flexibility index (Phi) is 3.43. The van der Waals surface area contributed by atoms with E-state index >= 15 is 0 Å². The van der Waals surface area contributed by atoms with Crippen molar-refractivity contribution in [2.75, 3.05) is 4.90 Å². The lowest BCUT2D eigenvalue weighted by Gasteiger charge is -2.22. The monoisotopic (exact) mass is 304 g/mol. The van der Waals surface area contributed by atoms with Crippen molar-refractivity contribution >= 4 is 27.7 Å². The first-order chi connectivity index (χ1) is 9.99. The van der Waals surface area contributed by atoms with E-state index in [4.69, 9.17) is 0 Å². The van der Waals surface area contributed by atoms with E-state index in [0.29, 0.717) is 9.88 Å². The van der Waals surface area contributed by atoms with Crippen LogP contribution in [0.3, 0.4) is 0 Å². The van der Waals surface area contributed by atoms with Gasteiger partial charge >= 0.3 is 5.69 Å². The van der Waals surface area contributed by atoms with Crippen molar-refractivity contribution in [1.29, 1.82) is 0 Å². The zero-order chi connectivity index (χ0) is 15.1. The normalized spacial score (nSPS) is 18.6. The summed E-state index contributed by atoms with van der Waals surface area (Å²) in [6.45, 7) is 3.69. The first kappa shape index (κ1) is 14.0. The van der Waals surface area contributed by atoms with Crippen molar-refractivity contribution in [3.05, 3.63) is 50.9 Å². The summed E-state index contributed by atoms with van der Waals surface area (Å²) in [6.07, 6.45) is 0.172. The number of nitrogens with zero attached hydrogens (tertiary/aromatic N) is 2. The van der Waals surface area contributed by atoms with E-state index in [2.05, 4.69) is 13.0 Å². The number of aliphatic hydroxyl groups is 1. The number of nitro groups is 1. The lowest BCUT2D eigenvalue weighted by Crippen LogP contribution is -2.23. The smallest absolute Gasteiger partial charge is 0.304 e. The zero-order valence-corrected chi connectivity index (χ0v) is 12.6. The van der Waals surface area contributed by atoms with E-state index in [0.717, 1.165) is 12.1 Å². The first-order valence-electron chi connectivity index (χ1n) is 6.82. The molecule has 0 radical (unpaired) electrons. The third-order valence-corrected chi connectivity index (χ3v) is 5.04. The van der Waals surface area contributed by atoms with Crippen LogP contribution in [0.15, 0.2) is 30.3 Å². The molecule has 5 nitrogen and oxygen atoms in total. The van der Waals surface area contributed by atoms with Crippen molar-refractivity contribution < 1.29 is 10.0 Å². The van der Waals surface area contributed by atoms with E-state index in [-0.39, 0.29) is 16.7 Å². The third kappa shape index (κ3) is 2.30. The number of hydrogen-bond acceptors (Lipinski definition) is 5. The second-order valence-electron chi connectivity index (χ2n) is 5.32. The highest BCUT2D eigenvalue weighted by Crippen LogP contribution is 2.47. The van der Waals surface area contributed by atoms with Crippen LogP contribution in [0.4, 0.5) is 16.4 Å². The molecule has 21 heavy (non-hydrogen) atoms. The number of benzene rings is 1. The second-order valence-corrected chi connectivity index (χ2v) is 6.39. The molecule has 3 rings (SSSR count). The van der Waals surface area contributed by atoms with Crippen LogP contribution in [0.5, 0.6) is 0 Å². The molecule has 0 saturated heterocycles. The summed E-state index contributed by atoms with van der Waals surface area (Å²) in [6, 6.07) is 9.63.